The number of sulfonamides is 1. The summed E-state index contributed by atoms with van der Waals surface area (Å²) in [6.07, 6.45) is 1.46. The molecule has 0 radical (unpaired) electrons. The summed E-state index contributed by atoms with van der Waals surface area (Å²) in [6, 6.07) is 9.76. The van der Waals surface area contributed by atoms with E-state index in [1.54, 1.807) is 31.4 Å². The summed E-state index contributed by atoms with van der Waals surface area (Å²) in [4.78, 5) is 4.33. The molecule has 0 aliphatic carbocycles. The highest BCUT2D eigenvalue weighted by molar-refractivity contribution is 9.10. The highest BCUT2D eigenvalue weighted by atomic mass is 79.9. The third kappa shape index (κ3) is 4.69. The zero-order chi connectivity index (χ0) is 16.0. The summed E-state index contributed by atoms with van der Waals surface area (Å²) in [6.45, 7) is 1.20. The van der Waals surface area contributed by atoms with Crippen molar-refractivity contribution in [2.45, 2.75) is 4.90 Å². The van der Waals surface area contributed by atoms with E-state index in [-0.39, 0.29) is 4.90 Å². The van der Waals surface area contributed by atoms with Crippen LogP contribution in [-0.4, -0.2) is 33.7 Å². The van der Waals surface area contributed by atoms with Crippen molar-refractivity contribution in [1.82, 2.24) is 4.98 Å². The molecule has 0 atom stereocenters. The number of halogens is 1. The maximum atomic E-state index is 12.2. The predicted octanol–water partition coefficient (Wildman–Crippen LogP) is 2.70. The van der Waals surface area contributed by atoms with Gasteiger partial charge in [-0.05, 0) is 36.4 Å². The summed E-state index contributed by atoms with van der Waals surface area (Å²) < 4.78 is 32.7. The van der Waals surface area contributed by atoms with Gasteiger partial charge >= 0.3 is 0 Å². The van der Waals surface area contributed by atoms with Crippen LogP contribution < -0.4 is 10.0 Å². The van der Waals surface area contributed by atoms with Gasteiger partial charge in [0.05, 0.1) is 23.4 Å². The Morgan fingerprint density at radius 3 is 2.50 bits per heavy atom. The summed E-state index contributed by atoms with van der Waals surface area (Å²) in [5.41, 5.74) is 0.403. The summed E-state index contributed by atoms with van der Waals surface area (Å²) >= 11 is 3.27. The fraction of sp³-hybridized carbons (Fsp3) is 0.214. The minimum Gasteiger partial charge on any atom is -0.383 e. The maximum absolute atomic E-state index is 12.2. The molecular weight excluding hydrogens is 370 g/mol. The molecule has 1 heterocycles. The first-order chi connectivity index (χ1) is 10.5. The van der Waals surface area contributed by atoms with E-state index in [2.05, 4.69) is 31.0 Å². The molecule has 22 heavy (non-hydrogen) atoms. The van der Waals surface area contributed by atoms with Crippen LogP contribution in [0.2, 0.25) is 0 Å². The first kappa shape index (κ1) is 16.7. The van der Waals surface area contributed by atoms with Crippen molar-refractivity contribution < 1.29 is 13.2 Å². The lowest BCUT2D eigenvalue weighted by Crippen LogP contribution is -2.13. The molecule has 0 aliphatic rings. The van der Waals surface area contributed by atoms with Gasteiger partial charge < -0.3 is 10.1 Å². The van der Waals surface area contributed by atoms with Crippen molar-refractivity contribution >= 4 is 37.5 Å². The number of benzene rings is 1. The second-order valence-electron chi connectivity index (χ2n) is 4.41. The fourth-order valence-corrected chi connectivity index (χ4v) is 2.98. The van der Waals surface area contributed by atoms with Gasteiger partial charge in [0.2, 0.25) is 0 Å². The summed E-state index contributed by atoms with van der Waals surface area (Å²) in [5, 5.41) is 3.05. The SMILES string of the molecule is COCCNc1ccc(NS(=O)(=O)c2ccc(Br)cc2)cn1. The molecule has 1 aromatic carbocycles. The molecule has 1 aromatic heterocycles. The van der Waals surface area contributed by atoms with E-state index in [1.807, 2.05) is 0 Å². The number of methoxy groups -OCH3 is 1. The fourth-order valence-electron chi connectivity index (χ4n) is 1.67. The quantitative estimate of drug-likeness (QED) is 0.716. The number of anilines is 2. The number of hydrogen-bond acceptors (Lipinski definition) is 5. The molecule has 0 spiro atoms. The second-order valence-corrected chi connectivity index (χ2v) is 7.01. The van der Waals surface area contributed by atoms with Gasteiger partial charge in [-0.3, -0.25) is 4.72 Å². The molecule has 0 aliphatic heterocycles. The standard InChI is InChI=1S/C14H16BrN3O3S/c1-21-9-8-16-14-7-4-12(10-17-14)18-22(19,20)13-5-2-11(15)3-6-13/h2-7,10,18H,8-9H2,1H3,(H,16,17). The van der Waals surface area contributed by atoms with Crippen LogP contribution in [-0.2, 0) is 14.8 Å². The van der Waals surface area contributed by atoms with Crippen molar-refractivity contribution in [1.29, 1.82) is 0 Å². The molecule has 2 N–H and O–H groups in total. The number of nitrogens with zero attached hydrogens (tertiary/aromatic N) is 1. The van der Waals surface area contributed by atoms with Gasteiger partial charge in [-0.2, -0.15) is 0 Å². The van der Waals surface area contributed by atoms with Crippen molar-refractivity contribution in [2.24, 2.45) is 0 Å². The van der Waals surface area contributed by atoms with Gasteiger partial charge in [0.1, 0.15) is 5.82 Å². The van der Waals surface area contributed by atoms with Gasteiger partial charge in [0, 0.05) is 18.1 Å². The van der Waals surface area contributed by atoms with Crippen LogP contribution in [0.1, 0.15) is 0 Å². The zero-order valence-corrected chi connectivity index (χ0v) is 14.3. The van der Waals surface area contributed by atoms with Crippen molar-refractivity contribution in [2.75, 3.05) is 30.3 Å². The van der Waals surface area contributed by atoms with Crippen molar-refractivity contribution in [3.63, 3.8) is 0 Å². The number of aromatic nitrogens is 1. The Morgan fingerprint density at radius 1 is 1.18 bits per heavy atom. The van der Waals surface area contributed by atoms with E-state index in [1.165, 1.54) is 18.3 Å². The molecule has 0 amide bonds. The Balaban J connectivity index is 2.05. The Kier molecular flexibility index (Phi) is 5.76. The van der Waals surface area contributed by atoms with Crippen LogP contribution in [0.5, 0.6) is 0 Å². The Morgan fingerprint density at radius 2 is 1.91 bits per heavy atom. The molecule has 0 unspecified atom stereocenters. The second kappa shape index (κ2) is 7.57. The van der Waals surface area contributed by atoms with Crippen LogP contribution in [0.15, 0.2) is 52.0 Å². The maximum Gasteiger partial charge on any atom is 0.261 e. The molecule has 8 heteroatoms. The summed E-state index contributed by atoms with van der Waals surface area (Å²) in [7, 11) is -1.99. The number of rotatable bonds is 7. The van der Waals surface area contributed by atoms with Crippen molar-refractivity contribution in [3.05, 3.63) is 47.1 Å². The van der Waals surface area contributed by atoms with E-state index < -0.39 is 10.0 Å². The minimum absolute atomic E-state index is 0.193. The van der Waals surface area contributed by atoms with E-state index in [9.17, 15) is 8.42 Å². The Bertz CT molecular complexity index is 703. The van der Waals surface area contributed by atoms with Crippen molar-refractivity contribution in [3.8, 4) is 0 Å². The first-order valence-electron chi connectivity index (χ1n) is 6.48. The van der Waals surface area contributed by atoms with E-state index in [0.29, 0.717) is 24.7 Å². The van der Waals surface area contributed by atoms with Crippen LogP contribution >= 0.6 is 15.9 Å². The largest absolute Gasteiger partial charge is 0.383 e. The van der Waals surface area contributed by atoms with Crippen LogP contribution in [0.4, 0.5) is 11.5 Å². The lowest BCUT2D eigenvalue weighted by atomic mass is 10.4. The lowest BCUT2D eigenvalue weighted by molar-refractivity contribution is 0.210. The van der Waals surface area contributed by atoms with Gasteiger partial charge in [0.25, 0.3) is 10.0 Å². The predicted molar refractivity (Wildman–Crippen MR) is 89.6 cm³/mol. The average Bonchev–Trinajstić information content (AvgIpc) is 2.49. The Hall–Kier alpha value is -1.64. The molecule has 6 nitrogen and oxygen atoms in total. The van der Waals surface area contributed by atoms with Crippen LogP contribution in [0.3, 0.4) is 0 Å². The normalized spacial score (nSPS) is 11.2. The molecule has 0 bridgehead atoms. The van der Waals surface area contributed by atoms with E-state index in [0.717, 1.165) is 4.47 Å². The third-order valence-electron chi connectivity index (χ3n) is 2.75. The van der Waals surface area contributed by atoms with Gasteiger partial charge in [0.15, 0.2) is 0 Å². The molecular formula is C14H16BrN3O3S. The number of pyridine rings is 1. The minimum atomic E-state index is -3.62. The van der Waals surface area contributed by atoms with Gasteiger partial charge in [-0.25, -0.2) is 13.4 Å². The smallest absolute Gasteiger partial charge is 0.261 e. The third-order valence-corrected chi connectivity index (χ3v) is 4.68. The van der Waals surface area contributed by atoms with E-state index >= 15 is 0 Å². The lowest BCUT2D eigenvalue weighted by Gasteiger charge is -2.09. The average molecular weight is 386 g/mol. The van der Waals surface area contributed by atoms with Crippen LogP contribution in [0, 0.1) is 0 Å². The number of nitrogens with one attached hydrogen (secondary N) is 2. The molecule has 0 fully saturated rings. The zero-order valence-electron chi connectivity index (χ0n) is 11.9. The topological polar surface area (TPSA) is 80.3 Å². The van der Waals surface area contributed by atoms with Gasteiger partial charge in [-0.1, -0.05) is 15.9 Å². The van der Waals surface area contributed by atoms with Gasteiger partial charge in [-0.15, -0.1) is 0 Å². The Labute approximate surface area is 138 Å². The molecule has 2 rings (SSSR count). The molecule has 118 valence electrons. The molecule has 0 saturated heterocycles. The van der Waals surface area contributed by atoms with E-state index in [4.69, 9.17) is 4.74 Å². The molecule has 0 saturated carbocycles. The first-order valence-corrected chi connectivity index (χ1v) is 8.76. The van der Waals surface area contributed by atoms with Crippen LogP contribution in [0.25, 0.3) is 0 Å². The highest BCUT2D eigenvalue weighted by Gasteiger charge is 2.13. The number of ether oxygens (including phenoxy) is 1. The highest BCUT2D eigenvalue weighted by Crippen LogP contribution is 2.18. The summed E-state index contributed by atoms with van der Waals surface area (Å²) in [5.74, 6) is 0.656. The molecule has 2 aromatic rings. The monoisotopic (exact) mass is 385 g/mol. The number of hydrogen-bond donors (Lipinski definition) is 2.